The van der Waals surface area contributed by atoms with Crippen molar-refractivity contribution >= 4 is 17.2 Å². The lowest BCUT2D eigenvalue weighted by Gasteiger charge is -2.29. The molecule has 0 radical (unpaired) electrons. The van der Waals surface area contributed by atoms with Crippen LogP contribution in [-0.4, -0.2) is 53.9 Å². The van der Waals surface area contributed by atoms with E-state index in [1.54, 1.807) is 0 Å². The van der Waals surface area contributed by atoms with Crippen LogP contribution in [0.2, 0.25) is 0 Å². The molecular formula is C15H26N4OS. The Morgan fingerprint density at radius 2 is 2.10 bits per heavy atom. The van der Waals surface area contributed by atoms with Gasteiger partial charge in [0.15, 0.2) is 0 Å². The van der Waals surface area contributed by atoms with Crippen molar-refractivity contribution in [2.75, 3.05) is 27.2 Å². The summed E-state index contributed by atoms with van der Waals surface area (Å²) in [5.41, 5.74) is 6.39. The number of likely N-dealkylation sites (N-methyl/N-ethyl adjacent to an activating group) is 1. The lowest BCUT2D eigenvalue weighted by molar-refractivity contribution is 0.0662. The molecular weight excluding hydrogens is 284 g/mol. The number of hydrogen-bond acceptors (Lipinski definition) is 5. The second-order valence-corrected chi connectivity index (χ2v) is 6.99. The maximum Gasteiger partial charge on any atom is 0.273 e. The summed E-state index contributed by atoms with van der Waals surface area (Å²) in [6, 6.07) is 0.260. The van der Waals surface area contributed by atoms with Crippen molar-refractivity contribution in [1.29, 1.82) is 0 Å². The molecule has 1 unspecified atom stereocenters. The van der Waals surface area contributed by atoms with Gasteiger partial charge in [-0.25, -0.2) is 4.98 Å². The Hall–Kier alpha value is -0.980. The summed E-state index contributed by atoms with van der Waals surface area (Å²) in [7, 11) is 4.07. The number of thiazole rings is 1. The van der Waals surface area contributed by atoms with Gasteiger partial charge in [0.25, 0.3) is 5.91 Å². The van der Waals surface area contributed by atoms with E-state index in [0.717, 1.165) is 30.9 Å². The highest BCUT2D eigenvalue weighted by Crippen LogP contribution is 2.25. The van der Waals surface area contributed by atoms with E-state index in [4.69, 9.17) is 5.73 Å². The first kappa shape index (κ1) is 16.4. The van der Waals surface area contributed by atoms with Crippen LogP contribution in [-0.2, 0) is 0 Å². The molecule has 2 rings (SSSR count). The zero-order chi connectivity index (χ0) is 15.4. The Kier molecular flexibility index (Phi) is 5.72. The Balaban J connectivity index is 2.11. The number of rotatable bonds is 6. The van der Waals surface area contributed by atoms with Gasteiger partial charge in [-0.05, 0) is 33.9 Å². The summed E-state index contributed by atoms with van der Waals surface area (Å²) in [5, 5.41) is 2.68. The number of hydrogen-bond donors (Lipinski definition) is 1. The molecule has 1 aromatic heterocycles. The van der Waals surface area contributed by atoms with Crippen LogP contribution in [0.3, 0.4) is 0 Å². The third-order valence-electron chi connectivity index (χ3n) is 3.95. The summed E-state index contributed by atoms with van der Waals surface area (Å²) in [4.78, 5) is 21.3. The third-order valence-corrected chi connectivity index (χ3v) is 4.99. The predicted molar refractivity (Wildman–Crippen MR) is 86.6 cm³/mol. The minimum atomic E-state index is -0.113. The fourth-order valence-electron chi connectivity index (χ4n) is 2.72. The molecule has 0 spiro atoms. The van der Waals surface area contributed by atoms with Crippen LogP contribution >= 0.6 is 11.3 Å². The minimum absolute atomic E-state index is 0.0619. The van der Waals surface area contributed by atoms with Crippen molar-refractivity contribution in [3.05, 3.63) is 16.1 Å². The van der Waals surface area contributed by atoms with E-state index in [2.05, 4.69) is 9.88 Å². The average molecular weight is 310 g/mol. The van der Waals surface area contributed by atoms with Crippen molar-refractivity contribution in [3.8, 4) is 0 Å². The van der Waals surface area contributed by atoms with E-state index in [-0.39, 0.29) is 11.9 Å². The van der Waals surface area contributed by atoms with Gasteiger partial charge in [0.2, 0.25) is 0 Å². The van der Waals surface area contributed by atoms with Crippen LogP contribution in [0.15, 0.2) is 5.38 Å². The topological polar surface area (TPSA) is 62.5 Å². The number of carbonyl (C=O) groups is 1. The molecule has 1 aromatic rings. The quantitative estimate of drug-likeness (QED) is 0.874. The zero-order valence-corrected chi connectivity index (χ0v) is 14.0. The van der Waals surface area contributed by atoms with Crippen LogP contribution in [0.25, 0.3) is 0 Å². The fourth-order valence-corrected chi connectivity index (χ4v) is 3.47. The standard InChI is InChI=1S/C15H26N4OS/c1-11(16)14-17-13(10-21-14)15(20)19(9-8-18(2)3)12-6-4-5-7-12/h10-12H,4-9,16H2,1-3H3. The molecule has 1 atom stereocenters. The molecule has 0 aliphatic heterocycles. The van der Waals surface area contributed by atoms with E-state index in [1.807, 2.05) is 31.3 Å². The molecule has 1 heterocycles. The summed E-state index contributed by atoms with van der Waals surface area (Å²) in [5.74, 6) is 0.0619. The molecule has 2 N–H and O–H groups in total. The van der Waals surface area contributed by atoms with Gasteiger partial charge >= 0.3 is 0 Å². The van der Waals surface area contributed by atoms with Gasteiger partial charge in [0.1, 0.15) is 10.7 Å². The number of carbonyl (C=O) groups excluding carboxylic acids is 1. The number of amides is 1. The highest BCUT2D eigenvalue weighted by molar-refractivity contribution is 7.09. The average Bonchev–Trinajstić information content (AvgIpc) is 3.09. The number of nitrogens with zero attached hydrogens (tertiary/aromatic N) is 3. The lowest BCUT2D eigenvalue weighted by atomic mass is 10.2. The summed E-state index contributed by atoms with van der Waals surface area (Å²) in [6.07, 6.45) is 4.67. The molecule has 1 amide bonds. The lowest BCUT2D eigenvalue weighted by Crippen LogP contribution is -2.42. The first-order chi connectivity index (χ1) is 9.99. The van der Waals surface area contributed by atoms with Gasteiger partial charge in [-0.15, -0.1) is 11.3 Å². The second kappa shape index (κ2) is 7.33. The summed E-state index contributed by atoms with van der Waals surface area (Å²) < 4.78 is 0. The molecule has 0 aromatic carbocycles. The van der Waals surface area contributed by atoms with E-state index in [9.17, 15) is 4.79 Å². The number of nitrogens with two attached hydrogens (primary N) is 1. The smallest absolute Gasteiger partial charge is 0.273 e. The Morgan fingerprint density at radius 3 is 2.62 bits per heavy atom. The van der Waals surface area contributed by atoms with Crippen LogP contribution in [0.4, 0.5) is 0 Å². The van der Waals surface area contributed by atoms with E-state index >= 15 is 0 Å². The monoisotopic (exact) mass is 310 g/mol. The highest BCUT2D eigenvalue weighted by Gasteiger charge is 2.28. The van der Waals surface area contributed by atoms with Crippen molar-refractivity contribution in [2.45, 2.75) is 44.7 Å². The van der Waals surface area contributed by atoms with Crippen molar-refractivity contribution < 1.29 is 4.79 Å². The molecule has 21 heavy (non-hydrogen) atoms. The maximum atomic E-state index is 12.8. The number of aromatic nitrogens is 1. The molecule has 1 saturated carbocycles. The van der Waals surface area contributed by atoms with Crippen LogP contribution < -0.4 is 5.73 Å². The minimum Gasteiger partial charge on any atom is -0.333 e. The largest absolute Gasteiger partial charge is 0.333 e. The normalized spacial score (nSPS) is 17.4. The summed E-state index contributed by atoms with van der Waals surface area (Å²) >= 11 is 1.48. The molecule has 0 saturated heterocycles. The van der Waals surface area contributed by atoms with Gasteiger partial charge in [0, 0.05) is 24.5 Å². The van der Waals surface area contributed by atoms with Crippen LogP contribution in [0.5, 0.6) is 0 Å². The van der Waals surface area contributed by atoms with Crippen LogP contribution in [0.1, 0.15) is 54.1 Å². The zero-order valence-electron chi connectivity index (χ0n) is 13.2. The Bertz CT molecular complexity index is 466. The molecule has 5 nitrogen and oxygen atoms in total. The first-order valence-electron chi connectivity index (χ1n) is 7.65. The molecule has 1 aliphatic rings. The third kappa shape index (κ3) is 4.25. The highest BCUT2D eigenvalue weighted by atomic mass is 32.1. The molecule has 0 bridgehead atoms. The molecule has 118 valence electrons. The van der Waals surface area contributed by atoms with E-state index in [1.165, 1.54) is 24.2 Å². The molecule has 1 aliphatic carbocycles. The SMILES string of the molecule is CC(N)c1nc(C(=O)N(CCN(C)C)C2CCCC2)cs1. The maximum absolute atomic E-state index is 12.8. The van der Waals surface area contributed by atoms with Crippen molar-refractivity contribution in [2.24, 2.45) is 5.73 Å². The van der Waals surface area contributed by atoms with E-state index in [0.29, 0.717) is 11.7 Å². The molecule has 6 heteroatoms. The van der Waals surface area contributed by atoms with Gasteiger partial charge in [0.05, 0.1) is 6.04 Å². The fraction of sp³-hybridized carbons (Fsp3) is 0.733. The van der Waals surface area contributed by atoms with Crippen LogP contribution in [0, 0.1) is 0 Å². The molecule has 1 fully saturated rings. The Labute approximate surface area is 131 Å². The van der Waals surface area contributed by atoms with Gasteiger partial charge in [-0.1, -0.05) is 12.8 Å². The van der Waals surface area contributed by atoms with Crippen molar-refractivity contribution in [1.82, 2.24) is 14.8 Å². The van der Waals surface area contributed by atoms with Gasteiger partial charge in [-0.3, -0.25) is 4.79 Å². The predicted octanol–water partition coefficient (Wildman–Crippen LogP) is 2.11. The van der Waals surface area contributed by atoms with Crippen molar-refractivity contribution in [3.63, 3.8) is 0 Å². The first-order valence-corrected chi connectivity index (χ1v) is 8.53. The second-order valence-electron chi connectivity index (χ2n) is 6.10. The Morgan fingerprint density at radius 1 is 1.43 bits per heavy atom. The van der Waals surface area contributed by atoms with Gasteiger partial charge in [-0.2, -0.15) is 0 Å². The summed E-state index contributed by atoms with van der Waals surface area (Å²) in [6.45, 7) is 3.54. The van der Waals surface area contributed by atoms with E-state index < -0.39 is 0 Å². The van der Waals surface area contributed by atoms with Gasteiger partial charge < -0.3 is 15.5 Å².